The number of aromatic nitrogens is 3. The SMILES string of the molecule is O=c1nc(-c2ccc(-c3ccc4cccc(O)c4n3)cc2)s[nH]1. The molecule has 2 aromatic carbocycles. The molecule has 2 heterocycles. The van der Waals surface area contributed by atoms with Crippen LogP contribution in [0.25, 0.3) is 32.7 Å². The molecule has 0 atom stereocenters. The van der Waals surface area contributed by atoms with Crippen molar-refractivity contribution in [1.29, 1.82) is 0 Å². The number of nitrogens with one attached hydrogen (secondary N) is 1. The van der Waals surface area contributed by atoms with E-state index >= 15 is 0 Å². The second-order valence-corrected chi connectivity index (χ2v) is 5.84. The fourth-order valence-corrected chi connectivity index (χ4v) is 3.04. The molecule has 0 saturated heterocycles. The molecular weight excluding hydrogens is 310 g/mol. The minimum Gasteiger partial charge on any atom is -0.506 e. The summed E-state index contributed by atoms with van der Waals surface area (Å²) in [5, 5.41) is 11.5. The van der Waals surface area contributed by atoms with Gasteiger partial charge in [0.15, 0.2) is 0 Å². The van der Waals surface area contributed by atoms with Gasteiger partial charge in [-0.25, -0.2) is 9.78 Å². The van der Waals surface area contributed by atoms with Crippen LogP contribution in [0.4, 0.5) is 0 Å². The molecule has 0 unspecified atom stereocenters. The van der Waals surface area contributed by atoms with Gasteiger partial charge in [0.1, 0.15) is 16.3 Å². The summed E-state index contributed by atoms with van der Waals surface area (Å²) in [6, 6.07) is 16.8. The Labute approximate surface area is 135 Å². The highest BCUT2D eigenvalue weighted by Gasteiger charge is 2.07. The Morgan fingerprint density at radius 1 is 0.913 bits per heavy atom. The number of rotatable bonds is 2. The van der Waals surface area contributed by atoms with E-state index in [1.807, 2.05) is 42.5 Å². The van der Waals surface area contributed by atoms with Crippen molar-refractivity contribution in [3.63, 3.8) is 0 Å². The molecule has 5 nitrogen and oxygen atoms in total. The average molecular weight is 321 g/mol. The van der Waals surface area contributed by atoms with Crippen molar-refractivity contribution in [2.24, 2.45) is 0 Å². The number of hydrogen-bond acceptors (Lipinski definition) is 5. The number of phenols is 1. The van der Waals surface area contributed by atoms with E-state index in [-0.39, 0.29) is 11.4 Å². The van der Waals surface area contributed by atoms with Crippen LogP contribution in [0.3, 0.4) is 0 Å². The number of nitrogens with zero attached hydrogens (tertiary/aromatic N) is 2. The van der Waals surface area contributed by atoms with Crippen molar-refractivity contribution in [3.05, 3.63) is 65.1 Å². The van der Waals surface area contributed by atoms with Gasteiger partial charge in [0.05, 0.1) is 5.69 Å². The number of aromatic amines is 1. The number of fused-ring (bicyclic) bond motifs is 1. The Bertz CT molecular complexity index is 1050. The van der Waals surface area contributed by atoms with Crippen molar-refractivity contribution >= 4 is 22.4 Å². The zero-order chi connectivity index (χ0) is 15.8. The van der Waals surface area contributed by atoms with E-state index in [4.69, 9.17) is 0 Å². The average Bonchev–Trinajstić information content (AvgIpc) is 3.02. The monoisotopic (exact) mass is 321 g/mol. The van der Waals surface area contributed by atoms with Gasteiger partial charge in [0.2, 0.25) is 0 Å². The van der Waals surface area contributed by atoms with Gasteiger partial charge >= 0.3 is 5.69 Å². The van der Waals surface area contributed by atoms with E-state index < -0.39 is 0 Å². The highest BCUT2D eigenvalue weighted by molar-refractivity contribution is 7.09. The molecule has 0 aliphatic rings. The summed E-state index contributed by atoms with van der Waals surface area (Å²) < 4.78 is 2.57. The van der Waals surface area contributed by atoms with Crippen LogP contribution in [0.15, 0.2) is 59.4 Å². The molecule has 0 bridgehead atoms. The Kier molecular flexibility index (Phi) is 3.17. The summed E-state index contributed by atoms with van der Waals surface area (Å²) in [7, 11) is 0. The van der Waals surface area contributed by atoms with Crippen LogP contribution in [0.5, 0.6) is 5.75 Å². The van der Waals surface area contributed by atoms with E-state index in [9.17, 15) is 9.90 Å². The molecule has 23 heavy (non-hydrogen) atoms. The summed E-state index contributed by atoms with van der Waals surface area (Å²) in [5.41, 5.74) is 2.84. The predicted molar refractivity (Wildman–Crippen MR) is 90.6 cm³/mol. The van der Waals surface area contributed by atoms with Crippen molar-refractivity contribution in [2.75, 3.05) is 0 Å². The first-order valence-electron chi connectivity index (χ1n) is 6.96. The Balaban J connectivity index is 1.76. The first-order chi connectivity index (χ1) is 11.2. The Morgan fingerprint density at radius 2 is 1.70 bits per heavy atom. The second kappa shape index (κ2) is 5.33. The minimum atomic E-state index is -0.333. The standard InChI is InChI=1S/C17H11N3O2S/c21-14-3-1-2-11-8-9-13(18-15(11)14)10-4-6-12(7-5-10)16-19-17(22)20-23-16/h1-9,21H,(H,20,22). The van der Waals surface area contributed by atoms with Crippen LogP contribution < -0.4 is 5.69 Å². The number of hydrogen-bond donors (Lipinski definition) is 2. The molecule has 4 aromatic rings. The van der Waals surface area contributed by atoms with Crippen LogP contribution in [-0.2, 0) is 0 Å². The van der Waals surface area contributed by atoms with Gasteiger partial charge in [0.25, 0.3) is 0 Å². The lowest BCUT2D eigenvalue weighted by atomic mass is 10.1. The van der Waals surface area contributed by atoms with E-state index in [1.165, 1.54) is 11.5 Å². The lowest BCUT2D eigenvalue weighted by molar-refractivity contribution is 0.480. The van der Waals surface area contributed by atoms with E-state index in [1.54, 1.807) is 12.1 Å². The van der Waals surface area contributed by atoms with Gasteiger partial charge in [-0.1, -0.05) is 42.5 Å². The molecule has 0 radical (unpaired) electrons. The Hall–Kier alpha value is -2.99. The van der Waals surface area contributed by atoms with Gasteiger partial charge in [0, 0.05) is 16.5 Å². The first-order valence-corrected chi connectivity index (χ1v) is 7.77. The summed E-state index contributed by atoms with van der Waals surface area (Å²) >= 11 is 1.21. The van der Waals surface area contributed by atoms with E-state index in [0.29, 0.717) is 10.5 Å². The number of para-hydroxylation sites is 1. The summed E-state index contributed by atoms with van der Waals surface area (Å²) in [4.78, 5) is 19.5. The van der Waals surface area contributed by atoms with Crippen LogP contribution >= 0.6 is 11.5 Å². The highest BCUT2D eigenvalue weighted by Crippen LogP contribution is 2.28. The molecule has 2 aromatic heterocycles. The van der Waals surface area contributed by atoms with Crippen LogP contribution in [-0.4, -0.2) is 19.4 Å². The van der Waals surface area contributed by atoms with E-state index in [2.05, 4.69) is 14.3 Å². The topological polar surface area (TPSA) is 78.9 Å². The molecule has 0 aliphatic carbocycles. The Morgan fingerprint density at radius 3 is 2.43 bits per heavy atom. The molecule has 0 aliphatic heterocycles. The van der Waals surface area contributed by atoms with Gasteiger partial charge in [-0.05, 0) is 23.7 Å². The maximum atomic E-state index is 11.1. The molecule has 0 fully saturated rings. The van der Waals surface area contributed by atoms with Gasteiger partial charge in [-0.3, -0.25) is 4.37 Å². The third-order valence-corrected chi connectivity index (χ3v) is 4.36. The van der Waals surface area contributed by atoms with Crippen molar-refractivity contribution in [3.8, 4) is 27.6 Å². The third kappa shape index (κ3) is 2.49. The normalized spacial score (nSPS) is 11.0. The smallest absolute Gasteiger partial charge is 0.355 e. The molecule has 0 saturated carbocycles. The fourth-order valence-electron chi connectivity index (χ4n) is 2.43. The first kappa shape index (κ1) is 13.7. The van der Waals surface area contributed by atoms with Crippen molar-refractivity contribution < 1.29 is 5.11 Å². The molecule has 4 rings (SSSR count). The summed E-state index contributed by atoms with van der Waals surface area (Å²) in [6.45, 7) is 0. The van der Waals surface area contributed by atoms with Crippen molar-refractivity contribution in [2.45, 2.75) is 0 Å². The largest absolute Gasteiger partial charge is 0.506 e. The number of H-pyrrole nitrogens is 1. The van der Waals surface area contributed by atoms with E-state index in [0.717, 1.165) is 22.2 Å². The van der Waals surface area contributed by atoms with Crippen LogP contribution in [0.1, 0.15) is 0 Å². The second-order valence-electron chi connectivity index (χ2n) is 5.05. The maximum Gasteiger partial charge on any atom is 0.355 e. The van der Waals surface area contributed by atoms with Gasteiger partial charge in [-0.15, -0.1) is 0 Å². The number of aromatic hydroxyl groups is 1. The molecular formula is C17H11N3O2S. The molecule has 112 valence electrons. The molecule has 6 heteroatoms. The molecule has 2 N–H and O–H groups in total. The highest BCUT2D eigenvalue weighted by atomic mass is 32.1. The molecule has 0 spiro atoms. The fraction of sp³-hybridized carbons (Fsp3) is 0. The lowest BCUT2D eigenvalue weighted by Crippen LogP contribution is -1.99. The van der Waals surface area contributed by atoms with Crippen molar-refractivity contribution in [1.82, 2.24) is 14.3 Å². The minimum absolute atomic E-state index is 0.169. The summed E-state index contributed by atoms with van der Waals surface area (Å²) in [6.07, 6.45) is 0. The van der Waals surface area contributed by atoms with Crippen LogP contribution in [0, 0.1) is 0 Å². The van der Waals surface area contributed by atoms with Gasteiger partial charge in [-0.2, -0.15) is 4.98 Å². The molecule has 0 amide bonds. The summed E-state index contributed by atoms with van der Waals surface area (Å²) in [5.74, 6) is 0.169. The predicted octanol–water partition coefficient (Wildman–Crippen LogP) is 3.42. The number of phenolic OH excluding ortho intramolecular Hbond substituents is 1. The number of benzene rings is 2. The van der Waals surface area contributed by atoms with Crippen LogP contribution in [0.2, 0.25) is 0 Å². The zero-order valence-electron chi connectivity index (χ0n) is 11.9. The lowest BCUT2D eigenvalue weighted by Gasteiger charge is -2.05. The zero-order valence-corrected chi connectivity index (χ0v) is 12.7. The number of pyridine rings is 1. The maximum absolute atomic E-state index is 11.1. The third-order valence-electron chi connectivity index (χ3n) is 3.56. The van der Waals surface area contributed by atoms with Gasteiger partial charge < -0.3 is 5.11 Å². The quantitative estimate of drug-likeness (QED) is 0.593.